The van der Waals surface area contributed by atoms with Crippen molar-refractivity contribution in [3.63, 3.8) is 0 Å². The number of carbonyl (C=O) groups is 1. The Labute approximate surface area is 164 Å². The average molecular weight is 389 g/mol. The second-order valence-electron chi connectivity index (χ2n) is 6.73. The van der Waals surface area contributed by atoms with Crippen molar-refractivity contribution in [3.05, 3.63) is 64.7 Å². The molecule has 27 heavy (non-hydrogen) atoms. The Bertz CT molecular complexity index is 748. The SMILES string of the molecule is O=C(CCc1ccc(O)c(Cl)c1)NC(CN1CCOCC1)c1ccccc1. The van der Waals surface area contributed by atoms with Crippen LogP contribution < -0.4 is 5.32 Å². The lowest BCUT2D eigenvalue weighted by molar-refractivity contribution is -0.122. The van der Waals surface area contributed by atoms with Gasteiger partial charge in [-0.3, -0.25) is 9.69 Å². The van der Waals surface area contributed by atoms with Gasteiger partial charge >= 0.3 is 0 Å². The highest BCUT2D eigenvalue weighted by molar-refractivity contribution is 6.32. The van der Waals surface area contributed by atoms with Gasteiger partial charge in [0.1, 0.15) is 5.75 Å². The number of nitrogens with zero attached hydrogens (tertiary/aromatic N) is 1. The number of hydrogen-bond donors (Lipinski definition) is 2. The number of phenols is 1. The number of hydrogen-bond acceptors (Lipinski definition) is 4. The number of ether oxygens (including phenoxy) is 1. The highest BCUT2D eigenvalue weighted by Crippen LogP contribution is 2.24. The number of amides is 1. The minimum Gasteiger partial charge on any atom is -0.506 e. The Hall–Kier alpha value is -2.08. The first-order chi connectivity index (χ1) is 13.1. The van der Waals surface area contributed by atoms with Crippen molar-refractivity contribution >= 4 is 17.5 Å². The predicted octanol–water partition coefficient (Wildman–Crippen LogP) is 3.17. The molecule has 2 aromatic carbocycles. The molecule has 1 amide bonds. The van der Waals surface area contributed by atoms with Crippen LogP contribution in [0.5, 0.6) is 5.75 Å². The molecule has 1 fully saturated rings. The third-order valence-electron chi connectivity index (χ3n) is 4.73. The molecule has 3 rings (SSSR count). The molecule has 6 heteroatoms. The molecule has 1 aliphatic heterocycles. The van der Waals surface area contributed by atoms with E-state index in [9.17, 15) is 9.90 Å². The Morgan fingerprint density at radius 3 is 2.63 bits per heavy atom. The molecule has 2 aromatic rings. The third-order valence-corrected chi connectivity index (χ3v) is 5.04. The van der Waals surface area contributed by atoms with E-state index in [1.165, 1.54) is 0 Å². The number of carbonyl (C=O) groups excluding carboxylic acids is 1. The van der Waals surface area contributed by atoms with E-state index < -0.39 is 0 Å². The largest absolute Gasteiger partial charge is 0.506 e. The fraction of sp³-hybridized carbons (Fsp3) is 0.381. The van der Waals surface area contributed by atoms with Crippen molar-refractivity contribution in [1.82, 2.24) is 10.2 Å². The second-order valence-corrected chi connectivity index (χ2v) is 7.14. The maximum Gasteiger partial charge on any atom is 0.220 e. The average Bonchev–Trinajstić information content (AvgIpc) is 2.70. The molecule has 2 N–H and O–H groups in total. The van der Waals surface area contributed by atoms with Crippen molar-refractivity contribution in [2.24, 2.45) is 0 Å². The van der Waals surface area contributed by atoms with Crippen molar-refractivity contribution in [2.75, 3.05) is 32.8 Å². The monoisotopic (exact) mass is 388 g/mol. The fourth-order valence-corrected chi connectivity index (χ4v) is 3.40. The number of benzene rings is 2. The highest BCUT2D eigenvalue weighted by Gasteiger charge is 2.20. The molecular weight excluding hydrogens is 364 g/mol. The molecule has 0 aliphatic carbocycles. The van der Waals surface area contributed by atoms with Gasteiger partial charge in [0, 0.05) is 26.1 Å². The molecule has 5 nitrogen and oxygen atoms in total. The molecule has 1 aliphatic rings. The third kappa shape index (κ3) is 5.96. The van der Waals surface area contributed by atoms with Gasteiger partial charge in [-0.2, -0.15) is 0 Å². The normalized spacial score (nSPS) is 16.0. The van der Waals surface area contributed by atoms with Crippen LogP contribution in [0.1, 0.15) is 23.6 Å². The first-order valence-electron chi connectivity index (χ1n) is 9.23. The Morgan fingerprint density at radius 1 is 1.19 bits per heavy atom. The van der Waals surface area contributed by atoms with Gasteiger partial charge in [-0.25, -0.2) is 0 Å². The van der Waals surface area contributed by atoms with Crippen LogP contribution in [0.4, 0.5) is 0 Å². The summed E-state index contributed by atoms with van der Waals surface area (Å²) in [6, 6.07) is 15.0. The van der Waals surface area contributed by atoms with Crippen LogP contribution in [-0.2, 0) is 16.0 Å². The molecule has 1 heterocycles. The van der Waals surface area contributed by atoms with Crippen molar-refractivity contribution in [2.45, 2.75) is 18.9 Å². The summed E-state index contributed by atoms with van der Waals surface area (Å²) >= 11 is 5.94. The number of aromatic hydroxyl groups is 1. The van der Waals surface area contributed by atoms with Gasteiger partial charge in [0.05, 0.1) is 24.3 Å². The van der Waals surface area contributed by atoms with Crippen LogP contribution >= 0.6 is 11.6 Å². The van der Waals surface area contributed by atoms with Crippen LogP contribution in [0, 0.1) is 0 Å². The summed E-state index contributed by atoms with van der Waals surface area (Å²) in [5, 5.41) is 13.0. The molecule has 1 atom stereocenters. The van der Waals surface area contributed by atoms with Crippen LogP contribution in [0.3, 0.4) is 0 Å². The van der Waals surface area contributed by atoms with Crippen LogP contribution in [-0.4, -0.2) is 48.8 Å². The summed E-state index contributed by atoms with van der Waals surface area (Å²) in [4.78, 5) is 14.9. The quantitative estimate of drug-likeness (QED) is 0.764. The van der Waals surface area contributed by atoms with Gasteiger partial charge in [0.2, 0.25) is 5.91 Å². The lowest BCUT2D eigenvalue weighted by atomic mass is 10.0. The van der Waals surface area contributed by atoms with Crippen molar-refractivity contribution < 1.29 is 14.6 Å². The first kappa shape index (κ1) is 19.7. The summed E-state index contributed by atoms with van der Waals surface area (Å²) in [5.74, 6) is 0.0563. The topological polar surface area (TPSA) is 61.8 Å². The zero-order chi connectivity index (χ0) is 19.1. The number of rotatable bonds is 7. The predicted molar refractivity (Wildman–Crippen MR) is 106 cm³/mol. The minimum absolute atomic E-state index is 0.00121. The van der Waals surface area contributed by atoms with Crippen LogP contribution in [0.15, 0.2) is 48.5 Å². The van der Waals surface area contributed by atoms with E-state index in [0.29, 0.717) is 17.9 Å². The number of phenolic OH excluding ortho intramolecular Hbond substituents is 1. The van der Waals surface area contributed by atoms with Gasteiger partial charge < -0.3 is 15.2 Å². The molecule has 0 aromatic heterocycles. The van der Waals surface area contributed by atoms with E-state index in [-0.39, 0.29) is 17.7 Å². The molecule has 0 spiro atoms. The van der Waals surface area contributed by atoms with E-state index >= 15 is 0 Å². The van der Waals surface area contributed by atoms with Gasteiger partial charge in [-0.15, -0.1) is 0 Å². The summed E-state index contributed by atoms with van der Waals surface area (Å²) in [5.41, 5.74) is 2.03. The number of morpholine rings is 1. The maximum absolute atomic E-state index is 12.6. The lowest BCUT2D eigenvalue weighted by Gasteiger charge is -2.31. The zero-order valence-corrected chi connectivity index (χ0v) is 16.0. The number of nitrogens with one attached hydrogen (secondary N) is 1. The summed E-state index contributed by atoms with van der Waals surface area (Å²) in [6.07, 6.45) is 0.943. The van der Waals surface area contributed by atoms with E-state index in [4.69, 9.17) is 16.3 Å². The van der Waals surface area contributed by atoms with Gasteiger partial charge in [0.25, 0.3) is 0 Å². The Kier molecular flexibility index (Phi) is 7.10. The maximum atomic E-state index is 12.6. The smallest absolute Gasteiger partial charge is 0.220 e. The number of halogens is 1. The molecule has 0 radical (unpaired) electrons. The molecular formula is C21H25ClN2O3. The van der Waals surface area contributed by atoms with E-state index in [1.54, 1.807) is 18.2 Å². The summed E-state index contributed by atoms with van der Waals surface area (Å²) in [6.45, 7) is 3.99. The zero-order valence-electron chi connectivity index (χ0n) is 15.2. The van der Waals surface area contributed by atoms with Gasteiger partial charge in [-0.05, 0) is 29.7 Å². The van der Waals surface area contributed by atoms with Gasteiger partial charge in [-0.1, -0.05) is 48.0 Å². The Morgan fingerprint density at radius 2 is 1.93 bits per heavy atom. The van der Waals surface area contributed by atoms with Gasteiger partial charge in [0.15, 0.2) is 0 Å². The summed E-state index contributed by atoms with van der Waals surface area (Å²) < 4.78 is 5.42. The second kappa shape index (κ2) is 9.74. The lowest BCUT2D eigenvalue weighted by Crippen LogP contribution is -2.43. The molecule has 1 saturated heterocycles. The van der Waals surface area contributed by atoms with Crippen LogP contribution in [0.2, 0.25) is 5.02 Å². The molecule has 1 unspecified atom stereocenters. The standard InChI is InChI=1S/C21H25ClN2O3/c22-18-14-16(6-8-20(18)25)7-9-21(26)23-19(17-4-2-1-3-5-17)15-24-10-12-27-13-11-24/h1-6,8,14,19,25H,7,9-13,15H2,(H,23,26). The minimum atomic E-state index is -0.0554. The summed E-state index contributed by atoms with van der Waals surface area (Å²) in [7, 11) is 0. The van der Waals surface area contributed by atoms with Crippen LogP contribution in [0.25, 0.3) is 0 Å². The van der Waals surface area contributed by atoms with Crippen molar-refractivity contribution in [1.29, 1.82) is 0 Å². The molecule has 0 bridgehead atoms. The fourth-order valence-electron chi connectivity index (χ4n) is 3.19. The van der Waals surface area contributed by atoms with Crippen molar-refractivity contribution in [3.8, 4) is 5.75 Å². The van der Waals surface area contributed by atoms with E-state index in [0.717, 1.165) is 44.0 Å². The molecule has 144 valence electrons. The first-order valence-corrected chi connectivity index (χ1v) is 9.61. The highest BCUT2D eigenvalue weighted by atomic mass is 35.5. The van der Waals surface area contributed by atoms with E-state index in [1.807, 2.05) is 30.3 Å². The van der Waals surface area contributed by atoms with E-state index in [2.05, 4.69) is 10.2 Å². The number of aryl methyl sites for hydroxylation is 1. The molecule has 0 saturated carbocycles. The Balaban J connectivity index is 1.60.